The monoisotopic (exact) mass is 343 g/mol. The third-order valence-electron chi connectivity index (χ3n) is 3.62. The van der Waals surface area contributed by atoms with E-state index in [2.05, 4.69) is 15.5 Å². The van der Waals surface area contributed by atoms with Gasteiger partial charge in [0.15, 0.2) is 0 Å². The molecule has 3 aromatic rings. The van der Waals surface area contributed by atoms with E-state index in [1.54, 1.807) is 18.2 Å². The van der Waals surface area contributed by atoms with E-state index in [4.69, 9.17) is 11.6 Å². The van der Waals surface area contributed by atoms with Crippen LogP contribution in [0.15, 0.2) is 48.5 Å². The highest BCUT2D eigenvalue weighted by Gasteiger charge is 2.17. The van der Waals surface area contributed by atoms with Gasteiger partial charge in [-0.15, -0.1) is 0 Å². The van der Waals surface area contributed by atoms with Gasteiger partial charge in [-0.25, -0.2) is 4.39 Å². The smallest absolute Gasteiger partial charge is 0.228 e. The highest BCUT2D eigenvalue weighted by molar-refractivity contribution is 6.33. The van der Waals surface area contributed by atoms with Gasteiger partial charge in [-0.3, -0.25) is 9.89 Å². The van der Waals surface area contributed by atoms with Crippen molar-refractivity contribution in [3.05, 3.63) is 70.6 Å². The second-order valence-electron chi connectivity index (χ2n) is 5.40. The van der Waals surface area contributed by atoms with Gasteiger partial charge < -0.3 is 5.32 Å². The maximum Gasteiger partial charge on any atom is 0.228 e. The molecule has 0 fully saturated rings. The van der Waals surface area contributed by atoms with Gasteiger partial charge in [-0.1, -0.05) is 41.9 Å². The lowest BCUT2D eigenvalue weighted by molar-refractivity contribution is -0.115. The number of rotatable bonds is 4. The topological polar surface area (TPSA) is 57.8 Å². The standard InChI is InChI=1S/C18H15ClFN3O/c1-11-17(18(23-22-11)14-4-2-3-5-15(14)19)21-16(24)10-12-6-8-13(20)9-7-12/h2-9H,10H2,1H3,(H,21,24)(H,22,23). The fourth-order valence-electron chi connectivity index (χ4n) is 2.40. The number of aromatic amines is 1. The number of aryl methyl sites for hydroxylation is 1. The van der Waals surface area contributed by atoms with Crippen LogP contribution in [0, 0.1) is 12.7 Å². The summed E-state index contributed by atoms with van der Waals surface area (Å²) in [5.74, 6) is -0.537. The second-order valence-corrected chi connectivity index (χ2v) is 5.81. The SMILES string of the molecule is Cc1[nH]nc(-c2ccccc2Cl)c1NC(=O)Cc1ccc(F)cc1. The first kappa shape index (κ1) is 16.2. The number of nitrogens with zero attached hydrogens (tertiary/aromatic N) is 1. The van der Waals surface area contributed by atoms with Gasteiger partial charge in [0.25, 0.3) is 0 Å². The number of benzene rings is 2. The third kappa shape index (κ3) is 3.46. The van der Waals surface area contributed by atoms with Crippen LogP contribution in [0.2, 0.25) is 5.02 Å². The molecule has 1 amide bonds. The molecule has 0 unspecified atom stereocenters. The zero-order chi connectivity index (χ0) is 17.1. The van der Waals surface area contributed by atoms with Crippen molar-refractivity contribution >= 4 is 23.2 Å². The maximum absolute atomic E-state index is 12.9. The van der Waals surface area contributed by atoms with Crippen molar-refractivity contribution in [2.45, 2.75) is 13.3 Å². The predicted octanol–water partition coefficient (Wildman–Crippen LogP) is 4.36. The average molecular weight is 344 g/mol. The highest BCUT2D eigenvalue weighted by Crippen LogP contribution is 2.33. The van der Waals surface area contributed by atoms with Gasteiger partial charge in [0.2, 0.25) is 5.91 Å². The third-order valence-corrected chi connectivity index (χ3v) is 3.95. The summed E-state index contributed by atoms with van der Waals surface area (Å²) in [4.78, 5) is 12.3. The second kappa shape index (κ2) is 6.84. The van der Waals surface area contributed by atoms with Crippen molar-refractivity contribution in [1.29, 1.82) is 0 Å². The molecule has 6 heteroatoms. The number of halogens is 2. The minimum absolute atomic E-state index is 0.146. The van der Waals surface area contributed by atoms with Crippen molar-refractivity contribution in [3.63, 3.8) is 0 Å². The maximum atomic E-state index is 12.9. The van der Waals surface area contributed by atoms with Crippen LogP contribution in [0.5, 0.6) is 0 Å². The molecule has 0 saturated heterocycles. The summed E-state index contributed by atoms with van der Waals surface area (Å²) in [5.41, 5.74) is 3.38. The van der Waals surface area contributed by atoms with E-state index < -0.39 is 0 Å². The number of carbonyl (C=O) groups is 1. The molecule has 0 aliphatic carbocycles. The molecule has 4 nitrogen and oxygen atoms in total. The van der Waals surface area contributed by atoms with E-state index in [1.165, 1.54) is 12.1 Å². The number of amides is 1. The van der Waals surface area contributed by atoms with E-state index in [1.807, 2.05) is 25.1 Å². The van der Waals surface area contributed by atoms with Gasteiger partial charge >= 0.3 is 0 Å². The molecular weight excluding hydrogens is 329 g/mol. The number of hydrogen-bond acceptors (Lipinski definition) is 2. The fraction of sp³-hybridized carbons (Fsp3) is 0.111. The molecule has 122 valence electrons. The first-order valence-electron chi connectivity index (χ1n) is 7.39. The molecule has 0 saturated carbocycles. The van der Waals surface area contributed by atoms with Crippen molar-refractivity contribution in [2.24, 2.45) is 0 Å². The minimum Gasteiger partial charge on any atom is -0.322 e. The summed E-state index contributed by atoms with van der Waals surface area (Å²) >= 11 is 6.22. The Kier molecular flexibility index (Phi) is 4.62. The Morgan fingerprint density at radius 2 is 1.92 bits per heavy atom. The van der Waals surface area contributed by atoms with Gasteiger partial charge in [0.05, 0.1) is 22.8 Å². The zero-order valence-corrected chi connectivity index (χ0v) is 13.7. The lowest BCUT2D eigenvalue weighted by atomic mass is 10.1. The predicted molar refractivity (Wildman–Crippen MR) is 92.5 cm³/mol. The molecule has 3 rings (SSSR count). The van der Waals surface area contributed by atoms with Crippen LogP contribution in [0.1, 0.15) is 11.3 Å². The molecule has 0 spiro atoms. The Morgan fingerprint density at radius 3 is 2.62 bits per heavy atom. The minimum atomic E-state index is -0.328. The Balaban J connectivity index is 1.83. The van der Waals surface area contributed by atoms with Gasteiger partial charge in [-0.2, -0.15) is 5.10 Å². The van der Waals surface area contributed by atoms with Crippen molar-refractivity contribution in [3.8, 4) is 11.3 Å². The quantitative estimate of drug-likeness (QED) is 0.739. The van der Waals surface area contributed by atoms with Crippen LogP contribution in [0.4, 0.5) is 10.1 Å². The van der Waals surface area contributed by atoms with Crippen LogP contribution in [0.3, 0.4) is 0 Å². The van der Waals surface area contributed by atoms with E-state index in [0.29, 0.717) is 16.4 Å². The van der Waals surface area contributed by atoms with Crippen molar-refractivity contribution in [1.82, 2.24) is 10.2 Å². The van der Waals surface area contributed by atoms with Gasteiger partial charge in [0.1, 0.15) is 11.5 Å². The number of carbonyl (C=O) groups excluding carboxylic acids is 1. The lowest BCUT2D eigenvalue weighted by Crippen LogP contribution is -2.15. The lowest BCUT2D eigenvalue weighted by Gasteiger charge is -2.08. The molecule has 0 aliphatic heterocycles. The summed E-state index contributed by atoms with van der Waals surface area (Å²) in [5, 5.41) is 10.5. The number of anilines is 1. The van der Waals surface area contributed by atoms with E-state index in [9.17, 15) is 9.18 Å². The number of hydrogen-bond donors (Lipinski definition) is 2. The van der Waals surface area contributed by atoms with Crippen LogP contribution >= 0.6 is 11.6 Å². The number of nitrogens with one attached hydrogen (secondary N) is 2. The molecule has 24 heavy (non-hydrogen) atoms. The van der Waals surface area contributed by atoms with Crippen LogP contribution in [0.25, 0.3) is 11.3 Å². The largest absolute Gasteiger partial charge is 0.322 e. The first-order valence-corrected chi connectivity index (χ1v) is 7.76. The van der Waals surface area contributed by atoms with Crippen molar-refractivity contribution < 1.29 is 9.18 Å². The molecule has 0 atom stereocenters. The Bertz CT molecular complexity index is 874. The Hall–Kier alpha value is -2.66. The van der Waals surface area contributed by atoms with Crippen molar-refractivity contribution in [2.75, 3.05) is 5.32 Å². The van der Waals surface area contributed by atoms with Crippen LogP contribution in [-0.4, -0.2) is 16.1 Å². The zero-order valence-electron chi connectivity index (χ0n) is 12.9. The van der Waals surface area contributed by atoms with Gasteiger partial charge in [-0.05, 0) is 30.7 Å². The van der Waals surface area contributed by atoms with Crippen LogP contribution in [-0.2, 0) is 11.2 Å². The van der Waals surface area contributed by atoms with Crippen LogP contribution < -0.4 is 5.32 Å². The van der Waals surface area contributed by atoms with E-state index in [0.717, 1.165) is 16.8 Å². The summed E-state index contributed by atoms with van der Waals surface area (Å²) in [6, 6.07) is 13.1. The molecular formula is C18H15ClFN3O. The molecule has 0 aliphatic rings. The molecule has 0 radical (unpaired) electrons. The average Bonchev–Trinajstić information content (AvgIpc) is 2.91. The van der Waals surface area contributed by atoms with Gasteiger partial charge in [0, 0.05) is 5.56 Å². The van der Waals surface area contributed by atoms with E-state index in [-0.39, 0.29) is 18.1 Å². The molecule has 2 aromatic carbocycles. The highest BCUT2D eigenvalue weighted by atomic mass is 35.5. The summed E-state index contributed by atoms with van der Waals surface area (Å²) in [7, 11) is 0. The Labute approximate surface area is 143 Å². The first-order chi connectivity index (χ1) is 11.5. The number of H-pyrrole nitrogens is 1. The summed E-state index contributed by atoms with van der Waals surface area (Å²) < 4.78 is 12.9. The molecule has 1 heterocycles. The Morgan fingerprint density at radius 1 is 1.21 bits per heavy atom. The number of aromatic nitrogens is 2. The molecule has 2 N–H and O–H groups in total. The fourth-order valence-corrected chi connectivity index (χ4v) is 2.63. The molecule has 0 bridgehead atoms. The molecule has 1 aromatic heterocycles. The summed E-state index contributed by atoms with van der Waals surface area (Å²) in [6.45, 7) is 1.82. The normalized spacial score (nSPS) is 10.6. The summed E-state index contributed by atoms with van der Waals surface area (Å²) in [6.07, 6.45) is 0.146. The van der Waals surface area contributed by atoms with E-state index >= 15 is 0 Å².